The van der Waals surface area contributed by atoms with E-state index in [0.717, 1.165) is 12.8 Å². The summed E-state index contributed by atoms with van der Waals surface area (Å²) < 4.78 is 5.21. The van der Waals surface area contributed by atoms with Gasteiger partial charge in [0.1, 0.15) is 12.2 Å². The van der Waals surface area contributed by atoms with Crippen LogP contribution in [0, 0.1) is 0 Å². The third kappa shape index (κ3) is 2.39. The summed E-state index contributed by atoms with van der Waals surface area (Å²) in [5, 5.41) is 9.43. The maximum absolute atomic E-state index is 9.43. The lowest BCUT2D eigenvalue weighted by atomic mass is 10.1. The smallest absolute Gasteiger partial charge is 0.127 e. The first kappa shape index (κ1) is 8.34. The zero-order chi connectivity index (χ0) is 8.10. The second-order valence-electron chi connectivity index (χ2n) is 2.64. The molecule has 0 aromatic rings. The highest BCUT2D eigenvalue weighted by molar-refractivity contribution is 4.94. The van der Waals surface area contributed by atoms with Crippen LogP contribution in [0.3, 0.4) is 0 Å². The average Bonchev–Trinajstić information content (AvgIpc) is 2.07. The molecule has 0 bridgehead atoms. The van der Waals surface area contributed by atoms with E-state index in [0.29, 0.717) is 0 Å². The van der Waals surface area contributed by atoms with E-state index in [-0.39, 0.29) is 6.10 Å². The molecule has 0 aliphatic carbocycles. The van der Waals surface area contributed by atoms with E-state index in [9.17, 15) is 5.11 Å². The fourth-order valence-corrected chi connectivity index (χ4v) is 1.13. The summed E-state index contributed by atoms with van der Waals surface area (Å²) in [7, 11) is 0. The molecule has 11 heavy (non-hydrogen) atoms. The number of aliphatic hydroxyl groups is 1. The standard InChI is InChI=1S/C9H14O2/c1-2-5-8(10)9-6-3-4-7-11-9/h2,4-5,7-10H,3,6H2,1H3. The quantitative estimate of drug-likeness (QED) is 0.612. The zero-order valence-corrected chi connectivity index (χ0v) is 6.73. The van der Waals surface area contributed by atoms with Crippen molar-refractivity contribution in [1.82, 2.24) is 0 Å². The zero-order valence-electron chi connectivity index (χ0n) is 6.73. The molecule has 2 nitrogen and oxygen atoms in total. The molecule has 62 valence electrons. The molecule has 0 amide bonds. The summed E-state index contributed by atoms with van der Waals surface area (Å²) in [4.78, 5) is 0. The van der Waals surface area contributed by atoms with Crippen molar-refractivity contribution in [2.75, 3.05) is 0 Å². The van der Waals surface area contributed by atoms with Crippen molar-refractivity contribution in [3.05, 3.63) is 24.5 Å². The minimum Gasteiger partial charge on any atom is -0.495 e. The third-order valence-electron chi connectivity index (χ3n) is 1.74. The summed E-state index contributed by atoms with van der Waals surface area (Å²) in [5.41, 5.74) is 0. The second-order valence-corrected chi connectivity index (χ2v) is 2.64. The molecule has 1 heterocycles. The Balaban J connectivity index is 2.40. The molecule has 0 saturated carbocycles. The lowest BCUT2D eigenvalue weighted by Crippen LogP contribution is -2.26. The Labute approximate surface area is 67.2 Å². The van der Waals surface area contributed by atoms with Crippen molar-refractivity contribution in [3.63, 3.8) is 0 Å². The number of hydrogen-bond acceptors (Lipinski definition) is 2. The van der Waals surface area contributed by atoms with Gasteiger partial charge >= 0.3 is 0 Å². The first-order chi connectivity index (χ1) is 5.34. The molecule has 1 rings (SSSR count). The minimum absolute atomic E-state index is 0.0452. The first-order valence-corrected chi connectivity index (χ1v) is 3.96. The van der Waals surface area contributed by atoms with Gasteiger partial charge in [0, 0.05) is 0 Å². The SMILES string of the molecule is CC=CC(O)C1CCC=CO1. The van der Waals surface area contributed by atoms with E-state index in [2.05, 4.69) is 0 Å². The van der Waals surface area contributed by atoms with Gasteiger partial charge in [0.05, 0.1) is 6.26 Å². The van der Waals surface area contributed by atoms with Crippen molar-refractivity contribution in [3.8, 4) is 0 Å². The summed E-state index contributed by atoms with van der Waals surface area (Å²) >= 11 is 0. The highest BCUT2D eigenvalue weighted by Crippen LogP contribution is 2.14. The summed E-state index contributed by atoms with van der Waals surface area (Å²) in [6.45, 7) is 1.89. The average molecular weight is 154 g/mol. The van der Waals surface area contributed by atoms with Crippen LogP contribution in [-0.4, -0.2) is 17.3 Å². The van der Waals surface area contributed by atoms with Crippen LogP contribution in [0.4, 0.5) is 0 Å². The number of allylic oxidation sites excluding steroid dienone is 2. The molecule has 1 N–H and O–H groups in total. The number of aliphatic hydroxyl groups excluding tert-OH is 1. The predicted molar refractivity (Wildman–Crippen MR) is 44.1 cm³/mol. The van der Waals surface area contributed by atoms with Gasteiger partial charge in [-0.05, 0) is 25.8 Å². The van der Waals surface area contributed by atoms with E-state index in [1.165, 1.54) is 0 Å². The van der Waals surface area contributed by atoms with E-state index in [1.807, 2.05) is 19.1 Å². The van der Waals surface area contributed by atoms with Gasteiger partial charge in [0.2, 0.25) is 0 Å². The van der Waals surface area contributed by atoms with Crippen molar-refractivity contribution < 1.29 is 9.84 Å². The third-order valence-corrected chi connectivity index (χ3v) is 1.74. The number of hydrogen-bond donors (Lipinski definition) is 1. The second kappa shape index (κ2) is 4.19. The molecule has 2 heteroatoms. The van der Waals surface area contributed by atoms with E-state index in [1.54, 1.807) is 12.3 Å². The molecular formula is C9H14O2. The van der Waals surface area contributed by atoms with Crippen LogP contribution in [0.5, 0.6) is 0 Å². The molecule has 0 saturated heterocycles. The lowest BCUT2D eigenvalue weighted by molar-refractivity contribution is 0.0238. The predicted octanol–water partition coefficient (Wildman–Crippen LogP) is 1.62. The molecule has 1 aliphatic heterocycles. The molecule has 2 unspecified atom stereocenters. The maximum Gasteiger partial charge on any atom is 0.127 e. The van der Waals surface area contributed by atoms with Gasteiger partial charge in [-0.15, -0.1) is 0 Å². The van der Waals surface area contributed by atoms with Crippen LogP contribution in [0.1, 0.15) is 19.8 Å². The van der Waals surface area contributed by atoms with Crippen LogP contribution in [0.2, 0.25) is 0 Å². The number of rotatable bonds is 2. The monoisotopic (exact) mass is 154 g/mol. The Kier molecular flexibility index (Phi) is 3.17. The van der Waals surface area contributed by atoms with Crippen molar-refractivity contribution >= 4 is 0 Å². The summed E-state index contributed by atoms with van der Waals surface area (Å²) in [6, 6.07) is 0. The minimum atomic E-state index is -0.454. The van der Waals surface area contributed by atoms with Crippen LogP contribution < -0.4 is 0 Å². The van der Waals surface area contributed by atoms with Crippen LogP contribution in [-0.2, 0) is 4.74 Å². The topological polar surface area (TPSA) is 29.5 Å². The molecule has 0 spiro atoms. The summed E-state index contributed by atoms with van der Waals surface area (Å²) in [6.07, 6.45) is 8.64. The van der Waals surface area contributed by atoms with Crippen LogP contribution >= 0.6 is 0 Å². The molecule has 0 radical (unpaired) electrons. The van der Waals surface area contributed by atoms with E-state index >= 15 is 0 Å². The van der Waals surface area contributed by atoms with Gasteiger partial charge in [-0.3, -0.25) is 0 Å². The van der Waals surface area contributed by atoms with E-state index in [4.69, 9.17) is 4.74 Å². The van der Waals surface area contributed by atoms with Crippen LogP contribution in [0.15, 0.2) is 24.5 Å². The molecule has 0 aromatic carbocycles. The molecule has 0 fully saturated rings. The number of ether oxygens (including phenoxy) is 1. The van der Waals surface area contributed by atoms with Gasteiger partial charge in [-0.25, -0.2) is 0 Å². The Morgan fingerprint density at radius 2 is 2.55 bits per heavy atom. The molecule has 0 aromatic heterocycles. The highest BCUT2D eigenvalue weighted by atomic mass is 16.5. The van der Waals surface area contributed by atoms with Crippen molar-refractivity contribution in [2.24, 2.45) is 0 Å². The van der Waals surface area contributed by atoms with Crippen molar-refractivity contribution in [2.45, 2.75) is 32.0 Å². The van der Waals surface area contributed by atoms with Gasteiger partial charge in [0.25, 0.3) is 0 Å². The Hall–Kier alpha value is -0.760. The van der Waals surface area contributed by atoms with Gasteiger partial charge < -0.3 is 9.84 Å². The van der Waals surface area contributed by atoms with Crippen LogP contribution in [0.25, 0.3) is 0 Å². The molecule has 2 atom stereocenters. The lowest BCUT2D eigenvalue weighted by Gasteiger charge is -2.22. The van der Waals surface area contributed by atoms with Gasteiger partial charge in [-0.1, -0.05) is 12.2 Å². The molecular weight excluding hydrogens is 140 g/mol. The van der Waals surface area contributed by atoms with Crippen molar-refractivity contribution in [1.29, 1.82) is 0 Å². The fourth-order valence-electron chi connectivity index (χ4n) is 1.13. The van der Waals surface area contributed by atoms with Gasteiger partial charge in [-0.2, -0.15) is 0 Å². The fraction of sp³-hybridized carbons (Fsp3) is 0.556. The van der Waals surface area contributed by atoms with Gasteiger partial charge in [0.15, 0.2) is 0 Å². The highest BCUT2D eigenvalue weighted by Gasteiger charge is 2.17. The first-order valence-electron chi connectivity index (χ1n) is 3.96. The summed E-state index contributed by atoms with van der Waals surface area (Å²) in [5.74, 6) is 0. The largest absolute Gasteiger partial charge is 0.495 e. The Bertz CT molecular complexity index is 161. The molecule has 1 aliphatic rings. The Morgan fingerprint density at radius 1 is 1.73 bits per heavy atom. The Morgan fingerprint density at radius 3 is 3.09 bits per heavy atom. The van der Waals surface area contributed by atoms with E-state index < -0.39 is 6.10 Å². The maximum atomic E-state index is 9.43. The normalized spacial score (nSPS) is 26.9.